The van der Waals surface area contributed by atoms with E-state index in [0.29, 0.717) is 22.6 Å². The van der Waals surface area contributed by atoms with Gasteiger partial charge in [0.25, 0.3) is 5.91 Å². The van der Waals surface area contributed by atoms with Crippen molar-refractivity contribution in [2.24, 2.45) is 0 Å². The Bertz CT molecular complexity index is 846. The van der Waals surface area contributed by atoms with Crippen LogP contribution < -0.4 is 5.32 Å². The predicted octanol–water partition coefficient (Wildman–Crippen LogP) is 2.04. The minimum absolute atomic E-state index is 0.125. The number of amides is 1. The Morgan fingerprint density at radius 3 is 2.78 bits per heavy atom. The second-order valence-corrected chi connectivity index (χ2v) is 4.96. The number of halogens is 1. The number of tetrazole rings is 1. The Balaban J connectivity index is 1.76. The molecule has 0 aliphatic rings. The molecule has 1 amide bonds. The highest BCUT2D eigenvalue weighted by Crippen LogP contribution is 2.11. The van der Waals surface area contributed by atoms with Crippen molar-refractivity contribution < 1.29 is 9.18 Å². The number of aryl methyl sites for hydroxylation is 1. The minimum Gasteiger partial charge on any atom is -0.348 e. The van der Waals surface area contributed by atoms with Gasteiger partial charge in [-0.2, -0.15) is 4.68 Å². The van der Waals surface area contributed by atoms with E-state index in [1.807, 2.05) is 0 Å². The molecule has 1 heterocycles. The number of carbonyl (C=O) groups is 1. The van der Waals surface area contributed by atoms with Gasteiger partial charge in [-0.25, -0.2) is 4.39 Å². The molecule has 6 nitrogen and oxygen atoms in total. The minimum atomic E-state index is -0.342. The predicted molar refractivity (Wildman–Crippen MR) is 81.5 cm³/mol. The maximum Gasteiger partial charge on any atom is 0.251 e. The third-order valence-electron chi connectivity index (χ3n) is 3.38. The van der Waals surface area contributed by atoms with E-state index in [1.165, 1.54) is 10.7 Å². The van der Waals surface area contributed by atoms with Gasteiger partial charge in [-0.05, 0) is 41.6 Å². The summed E-state index contributed by atoms with van der Waals surface area (Å²) in [6.07, 6.45) is 0. The summed E-state index contributed by atoms with van der Waals surface area (Å²) in [5.41, 5.74) is 1.58. The molecule has 1 N–H and O–H groups in total. The lowest BCUT2D eigenvalue weighted by Crippen LogP contribution is -2.23. The van der Waals surface area contributed by atoms with E-state index in [1.54, 1.807) is 49.4 Å². The zero-order valence-corrected chi connectivity index (χ0v) is 12.4. The fourth-order valence-corrected chi connectivity index (χ4v) is 2.17. The van der Waals surface area contributed by atoms with Crippen molar-refractivity contribution in [1.29, 1.82) is 0 Å². The summed E-state index contributed by atoms with van der Waals surface area (Å²) >= 11 is 0. The van der Waals surface area contributed by atoms with Crippen LogP contribution in [0.2, 0.25) is 0 Å². The van der Waals surface area contributed by atoms with Gasteiger partial charge in [0.2, 0.25) is 0 Å². The van der Waals surface area contributed by atoms with Crippen LogP contribution in [0.15, 0.2) is 48.5 Å². The van der Waals surface area contributed by atoms with E-state index in [2.05, 4.69) is 20.8 Å². The summed E-state index contributed by atoms with van der Waals surface area (Å²) in [5, 5.41) is 14.0. The number of rotatable bonds is 4. The van der Waals surface area contributed by atoms with Crippen molar-refractivity contribution in [2.75, 3.05) is 0 Å². The van der Waals surface area contributed by atoms with Crippen LogP contribution in [0.4, 0.5) is 4.39 Å². The molecular weight excluding hydrogens is 297 g/mol. The number of nitrogens with zero attached hydrogens (tertiary/aromatic N) is 4. The molecule has 0 fully saturated rings. The number of hydrogen-bond donors (Lipinski definition) is 1. The van der Waals surface area contributed by atoms with Gasteiger partial charge in [-0.3, -0.25) is 4.79 Å². The molecule has 0 atom stereocenters. The van der Waals surface area contributed by atoms with Crippen LogP contribution in [0.3, 0.4) is 0 Å². The van der Waals surface area contributed by atoms with Gasteiger partial charge in [0.05, 0.1) is 5.69 Å². The molecule has 0 bridgehead atoms. The maximum atomic E-state index is 13.6. The first-order valence-corrected chi connectivity index (χ1v) is 7.02. The quantitative estimate of drug-likeness (QED) is 0.800. The summed E-state index contributed by atoms with van der Waals surface area (Å²) in [4.78, 5) is 12.2. The second kappa shape index (κ2) is 6.35. The second-order valence-electron chi connectivity index (χ2n) is 4.96. The lowest BCUT2D eigenvalue weighted by molar-refractivity contribution is 0.0950. The molecule has 2 aromatic carbocycles. The van der Waals surface area contributed by atoms with Gasteiger partial charge < -0.3 is 5.32 Å². The standard InChI is InChI=1S/C16H14FN5O/c1-11-19-20-21-22(11)14-7-4-6-12(9-14)16(23)18-10-13-5-2-3-8-15(13)17/h2-9H,10H2,1H3,(H,18,23). The highest BCUT2D eigenvalue weighted by Gasteiger charge is 2.10. The average Bonchev–Trinajstić information content (AvgIpc) is 3.00. The Kier molecular flexibility index (Phi) is 4.09. The summed E-state index contributed by atoms with van der Waals surface area (Å²) in [6.45, 7) is 1.89. The fraction of sp³-hybridized carbons (Fsp3) is 0.125. The summed E-state index contributed by atoms with van der Waals surface area (Å²) < 4.78 is 15.1. The van der Waals surface area contributed by atoms with E-state index >= 15 is 0 Å². The summed E-state index contributed by atoms with van der Waals surface area (Å²) in [6, 6.07) is 13.2. The van der Waals surface area contributed by atoms with Crippen LogP contribution in [0, 0.1) is 12.7 Å². The van der Waals surface area contributed by atoms with Crippen molar-refractivity contribution >= 4 is 5.91 Å². The lowest BCUT2D eigenvalue weighted by Gasteiger charge is -2.08. The molecule has 23 heavy (non-hydrogen) atoms. The van der Waals surface area contributed by atoms with Crippen molar-refractivity contribution in [2.45, 2.75) is 13.5 Å². The van der Waals surface area contributed by atoms with E-state index in [4.69, 9.17) is 0 Å². The van der Waals surface area contributed by atoms with Crippen LogP contribution in [0.25, 0.3) is 5.69 Å². The highest BCUT2D eigenvalue weighted by molar-refractivity contribution is 5.94. The van der Waals surface area contributed by atoms with Crippen molar-refractivity contribution in [3.05, 3.63) is 71.3 Å². The fourth-order valence-electron chi connectivity index (χ4n) is 2.17. The van der Waals surface area contributed by atoms with Crippen LogP contribution in [0.5, 0.6) is 0 Å². The van der Waals surface area contributed by atoms with Crippen molar-refractivity contribution in [3.63, 3.8) is 0 Å². The molecular formula is C16H14FN5O. The number of aromatic nitrogens is 4. The van der Waals surface area contributed by atoms with Gasteiger partial charge in [0.1, 0.15) is 5.82 Å². The lowest BCUT2D eigenvalue weighted by atomic mass is 10.1. The molecule has 3 rings (SSSR count). The number of benzene rings is 2. The van der Waals surface area contributed by atoms with Crippen LogP contribution in [-0.4, -0.2) is 26.1 Å². The first-order valence-electron chi connectivity index (χ1n) is 7.02. The van der Waals surface area contributed by atoms with Crippen LogP contribution >= 0.6 is 0 Å². The molecule has 0 radical (unpaired) electrons. The smallest absolute Gasteiger partial charge is 0.251 e. The molecule has 0 saturated carbocycles. The van der Waals surface area contributed by atoms with Gasteiger partial charge in [-0.1, -0.05) is 24.3 Å². The largest absolute Gasteiger partial charge is 0.348 e. The van der Waals surface area contributed by atoms with Gasteiger partial charge in [0.15, 0.2) is 5.82 Å². The van der Waals surface area contributed by atoms with Crippen LogP contribution in [-0.2, 0) is 6.54 Å². The molecule has 0 saturated heterocycles. The molecule has 0 aliphatic carbocycles. The third kappa shape index (κ3) is 3.23. The van der Waals surface area contributed by atoms with Crippen molar-refractivity contribution in [1.82, 2.24) is 25.5 Å². The molecule has 116 valence electrons. The average molecular weight is 311 g/mol. The zero-order valence-electron chi connectivity index (χ0n) is 12.4. The first-order chi connectivity index (χ1) is 11.1. The van der Waals surface area contributed by atoms with Gasteiger partial charge in [-0.15, -0.1) is 5.10 Å². The van der Waals surface area contributed by atoms with E-state index < -0.39 is 0 Å². The van der Waals surface area contributed by atoms with Gasteiger partial charge >= 0.3 is 0 Å². The van der Waals surface area contributed by atoms with Crippen molar-refractivity contribution in [3.8, 4) is 5.69 Å². The Morgan fingerprint density at radius 2 is 2.04 bits per heavy atom. The highest BCUT2D eigenvalue weighted by atomic mass is 19.1. The Hall–Kier alpha value is -3.09. The zero-order chi connectivity index (χ0) is 16.2. The van der Waals surface area contributed by atoms with Crippen LogP contribution in [0.1, 0.15) is 21.7 Å². The molecule has 0 aliphatic heterocycles. The number of carbonyl (C=O) groups excluding carboxylic acids is 1. The molecule has 3 aromatic rings. The Morgan fingerprint density at radius 1 is 1.22 bits per heavy atom. The van der Waals surface area contributed by atoms with Gasteiger partial charge in [0, 0.05) is 17.7 Å². The summed E-state index contributed by atoms with van der Waals surface area (Å²) in [7, 11) is 0. The van der Waals surface area contributed by atoms with E-state index in [-0.39, 0.29) is 18.3 Å². The molecule has 0 spiro atoms. The third-order valence-corrected chi connectivity index (χ3v) is 3.38. The SMILES string of the molecule is Cc1nnnn1-c1cccc(C(=O)NCc2ccccc2F)c1. The van der Waals surface area contributed by atoms with E-state index in [9.17, 15) is 9.18 Å². The Labute approximate surface area is 132 Å². The number of hydrogen-bond acceptors (Lipinski definition) is 4. The van der Waals surface area contributed by atoms with E-state index in [0.717, 1.165) is 0 Å². The maximum absolute atomic E-state index is 13.6. The normalized spacial score (nSPS) is 10.5. The monoisotopic (exact) mass is 311 g/mol. The summed E-state index contributed by atoms with van der Waals surface area (Å²) in [5.74, 6) is -0.0133. The molecule has 1 aromatic heterocycles. The number of nitrogens with one attached hydrogen (secondary N) is 1. The first kappa shape index (κ1) is 14.8. The molecule has 7 heteroatoms. The topological polar surface area (TPSA) is 72.7 Å². The molecule has 0 unspecified atom stereocenters.